The lowest BCUT2D eigenvalue weighted by atomic mass is 10.2. The Morgan fingerprint density at radius 1 is 1.35 bits per heavy atom. The first-order valence-electron chi connectivity index (χ1n) is 8.16. The third kappa shape index (κ3) is 4.61. The molecule has 2 aliphatic rings. The van der Waals surface area contributed by atoms with Crippen molar-refractivity contribution in [3.8, 4) is 5.75 Å². The van der Waals surface area contributed by atoms with Gasteiger partial charge in [-0.15, -0.1) is 0 Å². The van der Waals surface area contributed by atoms with Crippen LogP contribution in [-0.4, -0.2) is 54.5 Å². The van der Waals surface area contributed by atoms with Gasteiger partial charge in [-0.1, -0.05) is 11.6 Å². The van der Waals surface area contributed by atoms with Crippen molar-refractivity contribution >= 4 is 33.4 Å². The summed E-state index contributed by atoms with van der Waals surface area (Å²) in [6.45, 7) is 6.53. The fourth-order valence-corrected chi connectivity index (χ4v) is 3.66. The average molecular weight is 402 g/mol. The molecule has 0 aromatic heterocycles. The number of hydrogen-bond donors (Lipinski definition) is 0. The number of carbonyl (C=O) groups is 1. The van der Waals surface area contributed by atoms with E-state index in [-0.39, 0.29) is 5.91 Å². The van der Waals surface area contributed by atoms with Crippen LogP contribution in [0.15, 0.2) is 22.7 Å². The van der Waals surface area contributed by atoms with Crippen molar-refractivity contribution < 1.29 is 9.53 Å². The van der Waals surface area contributed by atoms with Gasteiger partial charge in [-0.2, -0.15) is 0 Å². The van der Waals surface area contributed by atoms with Crippen LogP contribution in [0.3, 0.4) is 0 Å². The summed E-state index contributed by atoms with van der Waals surface area (Å²) in [6.07, 6.45) is 2.25. The van der Waals surface area contributed by atoms with Gasteiger partial charge in [0, 0.05) is 37.7 Å². The SMILES string of the molecule is CC(Oc1ccc(Cl)cc1Br)C(=O)N1CCN(CC2CC2)CC1. The Labute approximate surface area is 150 Å². The molecular formula is C17H22BrClN2O2. The highest BCUT2D eigenvalue weighted by Crippen LogP contribution is 2.30. The number of halogens is 2. The summed E-state index contributed by atoms with van der Waals surface area (Å²) in [5.41, 5.74) is 0. The van der Waals surface area contributed by atoms with Crippen molar-refractivity contribution in [2.24, 2.45) is 5.92 Å². The monoisotopic (exact) mass is 400 g/mol. The number of carbonyl (C=O) groups excluding carboxylic acids is 1. The normalized spacial score (nSPS) is 20.4. The Hall–Kier alpha value is -0.780. The molecule has 2 fully saturated rings. The predicted molar refractivity (Wildman–Crippen MR) is 95.0 cm³/mol. The minimum absolute atomic E-state index is 0.0536. The molecule has 1 saturated heterocycles. The van der Waals surface area contributed by atoms with Gasteiger partial charge in [0.1, 0.15) is 5.75 Å². The van der Waals surface area contributed by atoms with Crippen LogP contribution in [0.1, 0.15) is 19.8 Å². The topological polar surface area (TPSA) is 32.8 Å². The van der Waals surface area contributed by atoms with Crippen LogP contribution in [-0.2, 0) is 4.79 Å². The summed E-state index contributed by atoms with van der Waals surface area (Å²) in [5.74, 6) is 1.60. The van der Waals surface area contributed by atoms with Gasteiger partial charge in [-0.25, -0.2) is 0 Å². The number of nitrogens with zero attached hydrogens (tertiary/aromatic N) is 2. The molecule has 23 heavy (non-hydrogen) atoms. The van der Waals surface area contributed by atoms with Crippen molar-refractivity contribution in [1.29, 1.82) is 0 Å². The van der Waals surface area contributed by atoms with Crippen molar-refractivity contribution in [3.63, 3.8) is 0 Å². The van der Waals surface area contributed by atoms with E-state index in [1.807, 2.05) is 4.90 Å². The number of rotatable bonds is 5. The lowest BCUT2D eigenvalue weighted by molar-refractivity contribution is -0.139. The Balaban J connectivity index is 1.51. The molecule has 1 unspecified atom stereocenters. The van der Waals surface area contributed by atoms with Gasteiger partial charge in [0.2, 0.25) is 0 Å². The minimum Gasteiger partial charge on any atom is -0.480 e. The Bertz CT molecular complexity index is 572. The molecule has 1 aromatic carbocycles. The summed E-state index contributed by atoms with van der Waals surface area (Å²) >= 11 is 9.34. The Morgan fingerprint density at radius 3 is 2.65 bits per heavy atom. The Morgan fingerprint density at radius 2 is 2.04 bits per heavy atom. The molecule has 126 valence electrons. The lowest BCUT2D eigenvalue weighted by Crippen LogP contribution is -2.52. The third-order valence-electron chi connectivity index (χ3n) is 4.44. The zero-order valence-electron chi connectivity index (χ0n) is 13.3. The van der Waals surface area contributed by atoms with Gasteiger partial charge in [0.15, 0.2) is 6.10 Å². The predicted octanol–water partition coefficient (Wildman–Crippen LogP) is 3.42. The standard InChI is InChI=1S/C17H22BrClN2O2/c1-12(23-16-5-4-14(19)10-15(16)18)17(22)21-8-6-20(7-9-21)11-13-2-3-13/h4-5,10,12-13H,2-3,6-9,11H2,1H3. The zero-order valence-corrected chi connectivity index (χ0v) is 15.6. The van der Waals surface area contributed by atoms with Crippen LogP contribution >= 0.6 is 27.5 Å². The van der Waals surface area contributed by atoms with Crippen molar-refractivity contribution in [2.75, 3.05) is 32.7 Å². The third-order valence-corrected chi connectivity index (χ3v) is 5.30. The number of amides is 1. The molecule has 0 spiro atoms. The second-order valence-electron chi connectivity index (χ2n) is 6.40. The van der Waals surface area contributed by atoms with Gasteiger partial charge in [-0.3, -0.25) is 9.69 Å². The number of piperazine rings is 1. The second-order valence-corrected chi connectivity index (χ2v) is 7.69. The van der Waals surface area contributed by atoms with Gasteiger partial charge in [-0.05, 0) is 59.8 Å². The summed E-state index contributed by atoms with van der Waals surface area (Å²) in [7, 11) is 0. The van der Waals surface area contributed by atoms with E-state index in [1.54, 1.807) is 25.1 Å². The summed E-state index contributed by atoms with van der Waals surface area (Å²) < 4.78 is 6.57. The van der Waals surface area contributed by atoms with Crippen LogP contribution < -0.4 is 4.74 Å². The highest BCUT2D eigenvalue weighted by molar-refractivity contribution is 9.10. The molecule has 0 bridgehead atoms. The van der Waals surface area contributed by atoms with E-state index in [2.05, 4.69) is 20.8 Å². The number of hydrogen-bond acceptors (Lipinski definition) is 3. The van der Waals surface area contributed by atoms with Crippen molar-refractivity contribution in [3.05, 3.63) is 27.7 Å². The molecule has 4 nitrogen and oxygen atoms in total. The van der Waals surface area contributed by atoms with E-state index < -0.39 is 6.10 Å². The second kappa shape index (κ2) is 7.41. The highest BCUT2D eigenvalue weighted by Gasteiger charge is 2.29. The molecule has 0 radical (unpaired) electrons. The van der Waals surface area contributed by atoms with Crippen molar-refractivity contribution in [1.82, 2.24) is 9.80 Å². The molecule has 1 aromatic rings. The fraction of sp³-hybridized carbons (Fsp3) is 0.588. The summed E-state index contributed by atoms with van der Waals surface area (Å²) in [5, 5.41) is 0.634. The van der Waals surface area contributed by atoms with E-state index in [9.17, 15) is 4.79 Å². The van der Waals surface area contributed by atoms with Gasteiger partial charge in [0.25, 0.3) is 5.91 Å². The maximum atomic E-state index is 12.6. The summed E-state index contributed by atoms with van der Waals surface area (Å²) in [6, 6.07) is 5.31. The molecule has 1 atom stereocenters. The van der Waals surface area contributed by atoms with E-state index >= 15 is 0 Å². The van der Waals surface area contributed by atoms with Gasteiger partial charge in [0.05, 0.1) is 4.47 Å². The van der Waals surface area contributed by atoms with Crippen LogP contribution in [0.25, 0.3) is 0 Å². The van der Waals surface area contributed by atoms with Crippen molar-refractivity contribution in [2.45, 2.75) is 25.9 Å². The molecule has 6 heteroatoms. The van der Waals surface area contributed by atoms with E-state index in [0.717, 1.165) is 36.6 Å². The molecule has 1 amide bonds. The molecule has 1 heterocycles. The molecule has 0 N–H and O–H groups in total. The maximum absolute atomic E-state index is 12.6. The Kier molecular flexibility index (Phi) is 5.49. The van der Waals surface area contributed by atoms with Crippen LogP contribution in [0.5, 0.6) is 5.75 Å². The zero-order chi connectivity index (χ0) is 16.4. The lowest BCUT2D eigenvalue weighted by Gasteiger charge is -2.36. The number of ether oxygens (including phenoxy) is 1. The molecule has 1 aliphatic heterocycles. The first-order valence-corrected chi connectivity index (χ1v) is 9.33. The first kappa shape index (κ1) is 17.1. The minimum atomic E-state index is -0.498. The van der Waals surface area contributed by atoms with E-state index in [4.69, 9.17) is 16.3 Å². The van der Waals surface area contributed by atoms with Gasteiger partial charge < -0.3 is 9.64 Å². The highest BCUT2D eigenvalue weighted by atomic mass is 79.9. The van der Waals surface area contributed by atoms with Crippen LogP contribution in [0.4, 0.5) is 0 Å². The quantitative estimate of drug-likeness (QED) is 0.758. The average Bonchev–Trinajstić information content (AvgIpc) is 3.34. The van der Waals surface area contributed by atoms with Crippen LogP contribution in [0.2, 0.25) is 5.02 Å². The van der Waals surface area contributed by atoms with E-state index in [0.29, 0.717) is 10.8 Å². The molecular weight excluding hydrogens is 380 g/mol. The van der Waals surface area contributed by atoms with Crippen LogP contribution in [0, 0.1) is 5.92 Å². The fourth-order valence-electron chi connectivity index (χ4n) is 2.89. The van der Waals surface area contributed by atoms with Gasteiger partial charge >= 0.3 is 0 Å². The molecule has 1 saturated carbocycles. The first-order chi connectivity index (χ1) is 11.0. The van der Waals surface area contributed by atoms with E-state index in [1.165, 1.54) is 19.4 Å². The largest absolute Gasteiger partial charge is 0.480 e. The maximum Gasteiger partial charge on any atom is 0.263 e. The molecule has 1 aliphatic carbocycles. The molecule has 3 rings (SSSR count). The smallest absolute Gasteiger partial charge is 0.263 e. The summed E-state index contributed by atoms with van der Waals surface area (Å²) in [4.78, 5) is 17.0. The number of benzene rings is 1.